The summed E-state index contributed by atoms with van der Waals surface area (Å²) in [5.41, 5.74) is 0. The molecule has 10 aromatic heterocycles. The van der Waals surface area contributed by atoms with E-state index in [9.17, 15) is 4.57 Å². The van der Waals surface area contributed by atoms with E-state index in [0.29, 0.717) is 68.8 Å². The fourth-order valence-corrected chi connectivity index (χ4v) is 54.5. The van der Waals surface area contributed by atoms with Crippen molar-refractivity contribution >= 4 is 209 Å². The molecule has 0 bridgehead atoms. The molecule has 0 aliphatic carbocycles. The van der Waals surface area contributed by atoms with Crippen molar-refractivity contribution in [2.45, 2.75) is 238 Å². The smallest absolute Gasteiger partial charge is 0.0660 e. The number of thiophene rings is 10. The van der Waals surface area contributed by atoms with Crippen molar-refractivity contribution < 1.29 is 54.5 Å². The van der Waals surface area contributed by atoms with E-state index in [0.717, 1.165) is 176 Å². The molecule has 0 fully saturated rings. The first-order chi connectivity index (χ1) is 54.8. The molecule has 0 unspecified atom stereocenters. The Balaban J connectivity index is 0.000000250. The SMILES string of the molecule is CCCCOP(=O)(OCCCC)c1cc(-c2ccc(-c3cccs3)s2)sc1-c1cc(P(=O)(OCCCC)OCCCC)c(-c2ccc(-c3cccs3)s2)s1.CCCCOP(=O)(OCCCC)c1cc(C)sc1-c1cc(P(=O)(OCCCC)OCCCC)[c]([Sn]([CH2]CCC)([CH2]CCC)[CH2]CCC)s1.Ic1ccc(-c2cccs2)s1. The molecule has 113 heavy (non-hydrogen) atoms. The minimum absolute atomic E-state index is 0.333. The predicted molar refractivity (Wildman–Crippen MR) is 514 cm³/mol. The van der Waals surface area contributed by atoms with Crippen LogP contribution in [0, 0.1) is 9.81 Å². The second kappa shape index (κ2) is 51.3. The Labute approximate surface area is 734 Å². The molecular formula is C85H121IO12P4S10Sn. The first-order valence-corrected chi connectivity index (χ1v) is 64.1. The fourth-order valence-electron chi connectivity index (χ4n) is 12.2. The van der Waals surface area contributed by atoms with E-state index in [1.807, 2.05) is 40.9 Å². The van der Waals surface area contributed by atoms with Crippen molar-refractivity contribution in [3.8, 4) is 68.3 Å². The van der Waals surface area contributed by atoms with Crippen LogP contribution in [0.4, 0.5) is 0 Å². The third kappa shape index (κ3) is 28.3. The van der Waals surface area contributed by atoms with Crippen LogP contribution in [-0.4, -0.2) is 71.2 Å². The largest absolute Gasteiger partial charge is 0.143 e. The van der Waals surface area contributed by atoms with Gasteiger partial charge in [-0.05, 0) is 131 Å². The van der Waals surface area contributed by atoms with Gasteiger partial charge in [0.25, 0.3) is 0 Å². The Morgan fingerprint density at radius 2 is 0.575 bits per heavy atom. The van der Waals surface area contributed by atoms with Crippen molar-refractivity contribution in [2.24, 2.45) is 0 Å². The number of aryl methyl sites for hydroxylation is 1. The normalized spacial score (nSPS) is 12.3. The number of halogens is 1. The predicted octanol–water partition coefficient (Wildman–Crippen LogP) is 32.1. The quantitative estimate of drug-likeness (QED) is 0.0155. The standard InChI is InChI=1S/C40H48O6P2S6.C25H41O6P2S2.C8H5IS2.3C4H9.Sn/c1-5-9-21-43-47(41,44-22-10-6-2)29-27-37(35-18-17-33(51-35)31-15-13-25-49-31)53-40(29)38-28-30(48(42,45-23-11-7-3)46-24-12-8-4)39(54-38)36-20-19-34(52-36)32-16-14-26-50-32;1-6-10-14-28-32(26,29-15-11-7-2)22-19-24(34-20-22)25-23(18-21(5)35-25)33(27,30-16-12-8-3)31-17-13-9-4;9-8-4-3-7(11-8)6-2-1-5-10-6;3*1-3-4-2;/h13-20,25-28H,5-12,21-24H2,1-4H3;18-19H,6-17H2,1-5H3;1-5H;3*1,3-4H2,2H3;. The summed E-state index contributed by atoms with van der Waals surface area (Å²) in [7, 11) is -14.7. The second-order valence-corrected chi connectivity index (χ2v) is 62.4. The van der Waals surface area contributed by atoms with Gasteiger partial charge in [-0.1, -0.05) is 71.6 Å². The van der Waals surface area contributed by atoms with E-state index in [4.69, 9.17) is 36.2 Å². The molecule has 12 nitrogen and oxygen atoms in total. The molecule has 0 aromatic carbocycles. The van der Waals surface area contributed by atoms with E-state index in [1.165, 1.54) is 62.7 Å². The van der Waals surface area contributed by atoms with Crippen LogP contribution >= 0.6 is 166 Å². The van der Waals surface area contributed by atoms with Crippen LogP contribution in [0.2, 0.25) is 13.3 Å². The summed E-state index contributed by atoms with van der Waals surface area (Å²) in [4.78, 5) is 16.0. The average Bonchev–Trinajstić information content (AvgIpc) is 1.61. The van der Waals surface area contributed by atoms with E-state index in [-0.39, 0.29) is 0 Å². The van der Waals surface area contributed by atoms with Crippen LogP contribution < -0.4 is 24.1 Å². The molecule has 10 heterocycles. The Morgan fingerprint density at radius 1 is 0.292 bits per heavy atom. The molecule has 0 saturated carbocycles. The van der Waals surface area contributed by atoms with Crippen LogP contribution in [0.5, 0.6) is 0 Å². The van der Waals surface area contributed by atoms with Crippen LogP contribution in [0.25, 0.3) is 68.3 Å². The number of unbranched alkanes of at least 4 members (excludes halogenated alkanes) is 11. The number of hydrogen-bond donors (Lipinski definition) is 0. The van der Waals surface area contributed by atoms with Crippen LogP contribution in [0.1, 0.15) is 222 Å². The first kappa shape index (κ1) is 97.6. The van der Waals surface area contributed by atoms with Gasteiger partial charge in [-0.25, -0.2) is 0 Å². The van der Waals surface area contributed by atoms with E-state index < -0.39 is 48.8 Å². The van der Waals surface area contributed by atoms with Gasteiger partial charge in [-0.3, -0.25) is 9.13 Å². The maximum Gasteiger partial charge on any atom is 0.0660 e. The molecule has 624 valence electrons. The van der Waals surface area contributed by atoms with Gasteiger partial charge >= 0.3 is 324 Å². The summed E-state index contributed by atoms with van der Waals surface area (Å²) < 4.78 is 117. The molecule has 0 N–H and O–H groups in total. The van der Waals surface area contributed by atoms with E-state index in [2.05, 4.69) is 201 Å². The van der Waals surface area contributed by atoms with Gasteiger partial charge in [0.1, 0.15) is 0 Å². The molecule has 0 atom stereocenters. The molecule has 0 amide bonds. The first-order valence-electron chi connectivity index (χ1n) is 41.0. The average molecular weight is 2030 g/mol. The Morgan fingerprint density at radius 3 is 0.929 bits per heavy atom. The maximum absolute atomic E-state index is 15.2. The fraction of sp³-hybridized carbons (Fsp3) is 0.529. The summed E-state index contributed by atoms with van der Waals surface area (Å²) in [6.07, 6.45) is 21.0. The summed E-state index contributed by atoms with van der Waals surface area (Å²) in [5.74, 6) is 0. The summed E-state index contributed by atoms with van der Waals surface area (Å²) in [5, 5.41) is 8.87. The van der Waals surface area contributed by atoms with Gasteiger partial charge in [0.15, 0.2) is 0 Å². The van der Waals surface area contributed by atoms with Crippen LogP contribution in [0.15, 0.2) is 113 Å². The molecule has 0 spiro atoms. The van der Waals surface area contributed by atoms with Crippen molar-refractivity contribution in [3.05, 3.63) is 121 Å². The zero-order valence-corrected chi connectivity index (χ0v) is 85.2. The Bertz CT molecular complexity index is 4430. The topological polar surface area (TPSA) is 142 Å². The molecule has 0 aliphatic rings. The molecule has 10 aromatic rings. The zero-order chi connectivity index (χ0) is 81.1. The minimum Gasteiger partial charge on any atom is -0.143 e. The second-order valence-electron chi connectivity index (χ2n) is 28.0. The molecule has 0 saturated heterocycles. The molecular weight excluding hydrogens is 1900 g/mol. The van der Waals surface area contributed by atoms with Crippen LogP contribution in [0.3, 0.4) is 0 Å². The molecule has 0 aliphatic heterocycles. The maximum atomic E-state index is 15.2. The van der Waals surface area contributed by atoms with Gasteiger partial charge in [0.2, 0.25) is 0 Å². The third-order valence-corrected chi connectivity index (χ3v) is 58.7. The minimum atomic E-state index is -3.77. The van der Waals surface area contributed by atoms with E-state index >= 15 is 13.7 Å². The number of hydrogen-bond acceptors (Lipinski definition) is 22. The van der Waals surface area contributed by atoms with E-state index in [1.54, 1.807) is 90.7 Å². The molecule has 10 rings (SSSR count). The third-order valence-electron chi connectivity index (χ3n) is 18.7. The van der Waals surface area contributed by atoms with Gasteiger partial charge in [0, 0.05) is 48.8 Å². The van der Waals surface area contributed by atoms with Crippen LogP contribution in [-0.2, 0) is 54.5 Å². The van der Waals surface area contributed by atoms with Gasteiger partial charge < -0.3 is 18.1 Å². The van der Waals surface area contributed by atoms with Gasteiger partial charge in [0.05, 0.1) is 49.7 Å². The van der Waals surface area contributed by atoms with Gasteiger partial charge in [-0.15, -0.1) is 90.7 Å². The number of rotatable bonds is 53. The zero-order valence-electron chi connectivity index (χ0n) is 68.5. The molecule has 28 heteroatoms. The summed E-state index contributed by atoms with van der Waals surface area (Å²) in [6, 6.07) is 33.6. The van der Waals surface area contributed by atoms with Crippen molar-refractivity contribution in [2.75, 3.05) is 52.9 Å². The monoisotopic (exact) mass is 2020 g/mol. The van der Waals surface area contributed by atoms with Gasteiger partial charge in [-0.2, -0.15) is 0 Å². The Hall–Kier alpha value is -0.871. The van der Waals surface area contributed by atoms with Crippen molar-refractivity contribution in [1.29, 1.82) is 0 Å². The summed E-state index contributed by atoms with van der Waals surface area (Å²) >= 11 is 16.2. The Kier molecular flexibility index (Phi) is 44.3. The summed E-state index contributed by atoms with van der Waals surface area (Å²) in [6.45, 7) is 28.7. The molecule has 0 radical (unpaired) electrons. The van der Waals surface area contributed by atoms with Crippen molar-refractivity contribution in [1.82, 2.24) is 0 Å². The van der Waals surface area contributed by atoms with Crippen molar-refractivity contribution in [3.63, 3.8) is 0 Å².